The van der Waals surface area contributed by atoms with E-state index >= 15 is 0 Å². The average molecular weight is 390 g/mol. The van der Waals surface area contributed by atoms with Gasteiger partial charge in [-0.25, -0.2) is 9.59 Å². The first-order valence-corrected chi connectivity index (χ1v) is 8.28. The van der Waals surface area contributed by atoms with Gasteiger partial charge in [0, 0.05) is 5.56 Å². The van der Waals surface area contributed by atoms with Crippen molar-refractivity contribution in [3.05, 3.63) is 65.7 Å². The summed E-state index contributed by atoms with van der Waals surface area (Å²) in [5.74, 6) is -3.87. The van der Waals surface area contributed by atoms with Gasteiger partial charge in [-0.3, -0.25) is 10.1 Å². The number of phenolic OH excluding ortho intramolecular Hbond substituents is 1. The van der Waals surface area contributed by atoms with E-state index in [1.165, 1.54) is 24.3 Å². The molecule has 0 fully saturated rings. The Labute approximate surface area is 161 Å². The lowest BCUT2D eigenvalue weighted by atomic mass is 10.1. The van der Waals surface area contributed by atoms with Crippen LogP contribution in [0.25, 0.3) is 0 Å². The third-order valence-electron chi connectivity index (χ3n) is 3.48. The van der Waals surface area contributed by atoms with Crippen LogP contribution in [-0.2, 0) is 9.59 Å². The summed E-state index contributed by atoms with van der Waals surface area (Å²) < 4.78 is 0. The third kappa shape index (κ3) is 7.44. The minimum atomic E-state index is -1.82. The summed E-state index contributed by atoms with van der Waals surface area (Å²) in [6.45, 7) is 2.50. The lowest BCUT2D eigenvalue weighted by Crippen LogP contribution is -2.49. The highest BCUT2D eigenvalue weighted by Gasteiger charge is 2.22. The smallest absolute Gasteiger partial charge is 0.414 e. The molecule has 0 aromatic heterocycles. The van der Waals surface area contributed by atoms with E-state index in [1.807, 2.05) is 37.3 Å². The van der Waals surface area contributed by atoms with E-state index in [1.54, 1.807) is 0 Å². The molecule has 0 heterocycles. The van der Waals surface area contributed by atoms with E-state index in [4.69, 9.17) is 19.8 Å². The van der Waals surface area contributed by atoms with E-state index in [0.717, 1.165) is 5.56 Å². The molecular formula is C19H22N2O7. The first-order valence-electron chi connectivity index (χ1n) is 8.28. The zero-order chi connectivity index (χ0) is 21.1. The second-order valence-corrected chi connectivity index (χ2v) is 5.52. The maximum absolute atomic E-state index is 12.2. The van der Waals surface area contributed by atoms with Crippen LogP contribution >= 0.6 is 0 Å². The summed E-state index contributed by atoms with van der Waals surface area (Å²) in [5.41, 5.74) is 1.14. The van der Waals surface area contributed by atoms with E-state index in [-0.39, 0.29) is 11.7 Å². The second-order valence-electron chi connectivity index (χ2n) is 5.52. The van der Waals surface area contributed by atoms with Crippen LogP contribution in [0.2, 0.25) is 0 Å². The standard InChI is InChI=1S/C17H20N2O3.C2H2O4/c1-2-18-16(15(21)12-6-4-3-5-7-12)19-17(22)13-8-10-14(20)11-9-13;3-1(4)2(5)6/h3-11,15-16,18,20-21H,2H2,1H3,(H,19,22);(H,3,4)(H,5,6). The minimum Gasteiger partial charge on any atom is -0.508 e. The third-order valence-corrected chi connectivity index (χ3v) is 3.48. The summed E-state index contributed by atoms with van der Waals surface area (Å²) in [6, 6.07) is 15.1. The quantitative estimate of drug-likeness (QED) is 0.314. The van der Waals surface area contributed by atoms with Crippen LogP contribution in [-0.4, -0.2) is 51.0 Å². The molecule has 1 amide bonds. The summed E-state index contributed by atoms with van der Waals surface area (Å²) in [5, 5.41) is 40.3. The molecule has 6 N–H and O–H groups in total. The van der Waals surface area contributed by atoms with Crippen molar-refractivity contribution in [2.75, 3.05) is 6.54 Å². The molecule has 2 rings (SSSR count). The topological polar surface area (TPSA) is 156 Å². The Morgan fingerprint density at radius 1 is 0.929 bits per heavy atom. The first-order chi connectivity index (χ1) is 13.3. The fourth-order valence-corrected chi connectivity index (χ4v) is 2.14. The van der Waals surface area contributed by atoms with Gasteiger partial charge in [0.05, 0.1) is 0 Å². The molecule has 150 valence electrons. The normalized spacial score (nSPS) is 12.1. The molecule has 0 bridgehead atoms. The van der Waals surface area contributed by atoms with E-state index in [2.05, 4.69) is 10.6 Å². The number of nitrogens with one attached hydrogen (secondary N) is 2. The Morgan fingerprint density at radius 2 is 1.46 bits per heavy atom. The lowest BCUT2D eigenvalue weighted by molar-refractivity contribution is -0.159. The van der Waals surface area contributed by atoms with E-state index in [9.17, 15) is 15.0 Å². The monoisotopic (exact) mass is 390 g/mol. The molecule has 0 spiro atoms. The van der Waals surface area contributed by atoms with E-state index < -0.39 is 24.2 Å². The van der Waals surface area contributed by atoms with Crippen molar-refractivity contribution < 1.29 is 34.8 Å². The number of amides is 1. The molecule has 0 aliphatic heterocycles. The minimum absolute atomic E-state index is 0.101. The number of carbonyl (C=O) groups excluding carboxylic acids is 1. The summed E-state index contributed by atoms with van der Waals surface area (Å²) >= 11 is 0. The molecule has 0 saturated heterocycles. The summed E-state index contributed by atoms with van der Waals surface area (Å²) in [6.07, 6.45) is -1.46. The fourth-order valence-electron chi connectivity index (χ4n) is 2.14. The highest BCUT2D eigenvalue weighted by Crippen LogP contribution is 2.16. The number of phenols is 1. The number of carboxylic acid groups (broad SMARTS) is 2. The van der Waals surface area contributed by atoms with Crippen LogP contribution in [0, 0.1) is 0 Å². The number of carbonyl (C=O) groups is 3. The molecular weight excluding hydrogens is 368 g/mol. The van der Waals surface area contributed by atoms with E-state index in [0.29, 0.717) is 12.1 Å². The predicted molar refractivity (Wildman–Crippen MR) is 99.7 cm³/mol. The number of hydrogen-bond acceptors (Lipinski definition) is 6. The molecule has 0 aliphatic rings. The van der Waals surface area contributed by atoms with Crippen molar-refractivity contribution in [1.82, 2.24) is 10.6 Å². The Kier molecular flexibility index (Phi) is 9.14. The zero-order valence-electron chi connectivity index (χ0n) is 15.1. The Hall–Kier alpha value is -3.43. The molecule has 0 saturated carbocycles. The second kappa shape index (κ2) is 11.3. The van der Waals surface area contributed by atoms with Gasteiger partial charge in [0.15, 0.2) is 0 Å². The van der Waals surface area contributed by atoms with Crippen molar-refractivity contribution in [2.24, 2.45) is 0 Å². The molecule has 2 unspecified atom stereocenters. The number of rotatable bonds is 6. The SMILES string of the molecule is CCNC(NC(=O)c1ccc(O)cc1)C(O)c1ccccc1.O=C(O)C(=O)O. The number of hydrogen-bond donors (Lipinski definition) is 6. The number of aliphatic hydroxyl groups is 1. The van der Waals surface area contributed by atoms with Gasteiger partial charge in [-0.15, -0.1) is 0 Å². The van der Waals surface area contributed by atoms with Gasteiger partial charge in [0.1, 0.15) is 18.0 Å². The lowest BCUT2D eigenvalue weighted by Gasteiger charge is -2.25. The zero-order valence-corrected chi connectivity index (χ0v) is 15.1. The fraction of sp³-hybridized carbons (Fsp3) is 0.211. The van der Waals surface area contributed by atoms with Crippen LogP contribution in [0.4, 0.5) is 0 Å². The van der Waals surface area contributed by atoms with Crippen molar-refractivity contribution in [1.29, 1.82) is 0 Å². The number of aromatic hydroxyl groups is 1. The van der Waals surface area contributed by atoms with Crippen molar-refractivity contribution in [3.8, 4) is 5.75 Å². The Balaban J connectivity index is 0.000000568. The summed E-state index contributed by atoms with van der Waals surface area (Å²) in [7, 11) is 0. The van der Waals surface area contributed by atoms with Gasteiger partial charge in [-0.1, -0.05) is 37.3 Å². The molecule has 9 heteroatoms. The van der Waals surface area contributed by atoms with Crippen LogP contribution in [0.15, 0.2) is 54.6 Å². The van der Waals surface area contributed by atoms with Crippen molar-refractivity contribution in [2.45, 2.75) is 19.2 Å². The van der Waals surface area contributed by atoms with Crippen LogP contribution in [0.5, 0.6) is 5.75 Å². The van der Waals surface area contributed by atoms with Crippen LogP contribution < -0.4 is 10.6 Å². The Morgan fingerprint density at radius 3 is 1.93 bits per heavy atom. The number of benzene rings is 2. The maximum atomic E-state index is 12.2. The molecule has 28 heavy (non-hydrogen) atoms. The molecule has 2 aromatic rings. The van der Waals surface area contributed by atoms with Gasteiger partial charge in [-0.05, 0) is 36.4 Å². The van der Waals surface area contributed by atoms with Crippen LogP contribution in [0.3, 0.4) is 0 Å². The van der Waals surface area contributed by atoms with Gasteiger partial charge in [0.2, 0.25) is 0 Å². The number of likely N-dealkylation sites (N-methyl/N-ethyl adjacent to an activating group) is 1. The average Bonchev–Trinajstić information content (AvgIpc) is 2.68. The van der Waals surface area contributed by atoms with Gasteiger partial charge in [0.25, 0.3) is 5.91 Å². The number of carboxylic acids is 2. The van der Waals surface area contributed by atoms with Crippen molar-refractivity contribution in [3.63, 3.8) is 0 Å². The van der Waals surface area contributed by atoms with Gasteiger partial charge < -0.3 is 25.7 Å². The Bertz CT molecular complexity index is 767. The maximum Gasteiger partial charge on any atom is 0.414 e. The summed E-state index contributed by atoms with van der Waals surface area (Å²) in [4.78, 5) is 30.4. The number of aliphatic carboxylic acids is 2. The predicted octanol–water partition coefficient (Wildman–Crippen LogP) is 0.947. The highest BCUT2D eigenvalue weighted by molar-refractivity contribution is 6.27. The van der Waals surface area contributed by atoms with Crippen molar-refractivity contribution >= 4 is 17.8 Å². The number of aliphatic hydroxyl groups excluding tert-OH is 1. The molecule has 0 radical (unpaired) electrons. The molecule has 2 atom stereocenters. The molecule has 9 nitrogen and oxygen atoms in total. The van der Waals surface area contributed by atoms with Gasteiger partial charge in [-0.2, -0.15) is 0 Å². The molecule has 2 aromatic carbocycles. The largest absolute Gasteiger partial charge is 0.508 e. The first kappa shape index (κ1) is 22.6. The highest BCUT2D eigenvalue weighted by atomic mass is 16.4. The van der Waals surface area contributed by atoms with Crippen LogP contribution in [0.1, 0.15) is 28.9 Å². The molecule has 0 aliphatic carbocycles. The van der Waals surface area contributed by atoms with Gasteiger partial charge >= 0.3 is 11.9 Å².